The number of hydrogen-bond donors (Lipinski definition) is 1. The summed E-state index contributed by atoms with van der Waals surface area (Å²) >= 11 is 0. The number of rotatable bonds is 3. The lowest BCUT2D eigenvalue weighted by Gasteiger charge is -2.06. The number of nitrogens with zero attached hydrogens (tertiary/aromatic N) is 3. The number of H-pyrrole nitrogens is 1. The van der Waals surface area contributed by atoms with Gasteiger partial charge >= 0.3 is 0 Å². The summed E-state index contributed by atoms with van der Waals surface area (Å²) in [5, 5.41) is 9.20. The summed E-state index contributed by atoms with van der Waals surface area (Å²) in [5.74, 6) is -0.0438. The van der Waals surface area contributed by atoms with Gasteiger partial charge in [0, 0.05) is 11.1 Å². The molecule has 3 aromatic rings. The number of allylic oxidation sites excluding steroid dienone is 1. The van der Waals surface area contributed by atoms with Crippen LogP contribution in [0, 0.1) is 13.8 Å². The van der Waals surface area contributed by atoms with Gasteiger partial charge in [-0.1, -0.05) is 17.3 Å². The van der Waals surface area contributed by atoms with Crippen LogP contribution in [-0.2, 0) is 9.84 Å². The average molecular weight is 419 g/mol. The normalized spacial score (nSPS) is 17.4. The van der Waals surface area contributed by atoms with E-state index < -0.39 is 15.9 Å². The third-order valence-electron chi connectivity index (χ3n) is 4.76. The SMILES string of the molecule is Cc1ccc(-c2ccc(-c3cn([C@H]4C=CS(=O)(=O)C4)nn3)c(=O)[nH]2)cc1C.Cl. The molecule has 0 fully saturated rings. The summed E-state index contributed by atoms with van der Waals surface area (Å²) in [5.41, 5.74) is 4.53. The zero-order valence-electron chi connectivity index (χ0n) is 15.3. The van der Waals surface area contributed by atoms with Gasteiger partial charge in [-0.15, -0.1) is 17.5 Å². The van der Waals surface area contributed by atoms with Crippen LogP contribution in [0.1, 0.15) is 17.2 Å². The van der Waals surface area contributed by atoms with Crippen molar-refractivity contribution in [3.63, 3.8) is 0 Å². The molecule has 1 aromatic carbocycles. The minimum absolute atomic E-state index is 0. The van der Waals surface area contributed by atoms with E-state index in [9.17, 15) is 13.2 Å². The van der Waals surface area contributed by atoms with E-state index >= 15 is 0 Å². The van der Waals surface area contributed by atoms with Gasteiger partial charge < -0.3 is 4.98 Å². The maximum atomic E-state index is 12.6. The lowest BCUT2D eigenvalue weighted by molar-refractivity contribution is 0.551. The number of aryl methyl sites for hydroxylation is 2. The number of sulfone groups is 1. The second-order valence-electron chi connectivity index (χ2n) is 6.72. The van der Waals surface area contributed by atoms with E-state index in [1.807, 2.05) is 38.1 Å². The molecule has 1 atom stereocenters. The molecule has 0 spiro atoms. The van der Waals surface area contributed by atoms with Gasteiger partial charge in [-0.2, -0.15) is 0 Å². The van der Waals surface area contributed by atoms with Crippen LogP contribution in [-0.4, -0.2) is 34.1 Å². The number of hydrogen-bond acceptors (Lipinski definition) is 5. The molecular formula is C19H19ClN4O3S. The second kappa shape index (κ2) is 7.37. The minimum atomic E-state index is -3.19. The van der Waals surface area contributed by atoms with Gasteiger partial charge in [-0.25, -0.2) is 13.1 Å². The van der Waals surface area contributed by atoms with Gasteiger partial charge in [-0.05, 0) is 54.8 Å². The molecule has 7 nitrogen and oxygen atoms in total. The Morgan fingerprint density at radius 2 is 1.93 bits per heavy atom. The van der Waals surface area contributed by atoms with Gasteiger partial charge in [0.25, 0.3) is 5.56 Å². The van der Waals surface area contributed by atoms with Crippen molar-refractivity contribution in [2.24, 2.45) is 0 Å². The van der Waals surface area contributed by atoms with Crippen LogP contribution in [0.15, 0.2) is 52.8 Å². The largest absolute Gasteiger partial charge is 0.321 e. The quantitative estimate of drug-likeness (QED) is 0.705. The number of aromatic nitrogens is 4. The molecular weight excluding hydrogens is 400 g/mol. The second-order valence-corrected chi connectivity index (χ2v) is 8.65. The van der Waals surface area contributed by atoms with Crippen LogP contribution < -0.4 is 5.56 Å². The van der Waals surface area contributed by atoms with Crippen molar-refractivity contribution >= 4 is 22.2 Å². The molecule has 3 heterocycles. The lowest BCUT2D eigenvalue weighted by atomic mass is 10.0. The zero-order chi connectivity index (χ0) is 19.2. The van der Waals surface area contributed by atoms with Crippen LogP contribution in [0.25, 0.3) is 22.5 Å². The fourth-order valence-corrected chi connectivity index (χ4v) is 4.31. The number of pyridine rings is 1. The van der Waals surface area contributed by atoms with Crippen LogP contribution in [0.4, 0.5) is 0 Å². The summed E-state index contributed by atoms with van der Waals surface area (Å²) in [6.07, 6.45) is 3.16. The van der Waals surface area contributed by atoms with E-state index in [0.29, 0.717) is 11.3 Å². The Labute approximate surface area is 168 Å². The summed E-state index contributed by atoms with van der Waals surface area (Å²) < 4.78 is 24.6. The van der Waals surface area contributed by atoms with Crippen LogP contribution >= 0.6 is 12.4 Å². The third-order valence-corrected chi connectivity index (χ3v) is 6.14. The van der Waals surface area contributed by atoms with E-state index in [-0.39, 0.29) is 23.7 Å². The average Bonchev–Trinajstić information content (AvgIpc) is 3.23. The Balaban J connectivity index is 0.00000225. The molecule has 0 unspecified atom stereocenters. The first-order valence-electron chi connectivity index (χ1n) is 8.46. The van der Waals surface area contributed by atoms with Crippen molar-refractivity contribution in [3.8, 4) is 22.5 Å². The molecule has 4 rings (SSSR count). The van der Waals surface area contributed by atoms with Crippen LogP contribution in [0.2, 0.25) is 0 Å². The number of halogens is 1. The molecule has 0 saturated heterocycles. The van der Waals surface area contributed by atoms with Crippen molar-refractivity contribution in [1.82, 2.24) is 20.0 Å². The van der Waals surface area contributed by atoms with E-state index in [0.717, 1.165) is 16.8 Å². The number of benzene rings is 1. The predicted molar refractivity (Wildman–Crippen MR) is 110 cm³/mol. The molecule has 9 heteroatoms. The molecule has 1 aliphatic rings. The highest BCUT2D eigenvalue weighted by atomic mass is 35.5. The molecule has 146 valence electrons. The minimum Gasteiger partial charge on any atom is -0.321 e. The fourth-order valence-electron chi connectivity index (χ4n) is 3.04. The lowest BCUT2D eigenvalue weighted by Crippen LogP contribution is -2.12. The molecule has 28 heavy (non-hydrogen) atoms. The Morgan fingerprint density at radius 1 is 1.14 bits per heavy atom. The Bertz CT molecular complexity index is 1230. The highest BCUT2D eigenvalue weighted by Crippen LogP contribution is 2.23. The fraction of sp³-hybridized carbons (Fsp3) is 0.211. The first kappa shape index (κ1) is 20.0. The highest BCUT2D eigenvalue weighted by molar-refractivity contribution is 7.94. The highest BCUT2D eigenvalue weighted by Gasteiger charge is 2.24. The van der Waals surface area contributed by atoms with E-state index in [1.165, 1.54) is 15.7 Å². The molecule has 1 aliphatic heterocycles. The van der Waals surface area contributed by atoms with E-state index in [2.05, 4.69) is 15.3 Å². The monoisotopic (exact) mass is 418 g/mol. The van der Waals surface area contributed by atoms with E-state index in [4.69, 9.17) is 0 Å². The van der Waals surface area contributed by atoms with Gasteiger partial charge in [0.1, 0.15) is 5.69 Å². The Morgan fingerprint density at radius 3 is 2.57 bits per heavy atom. The van der Waals surface area contributed by atoms with Crippen LogP contribution in [0.3, 0.4) is 0 Å². The molecule has 0 saturated carbocycles. The van der Waals surface area contributed by atoms with Gasteiger partial charge in [0.15, 0.2) is 9.84 Å². The summed E-state index contributed by atoms with van der Waals surface area (Å²) in [7, 11) is -3.19. The molecule has 0 amide bonds. The predicted octanol–water partition coefficient (Wildman–Crippen LogP) is 2.82. The standard InChI is InChI=1S/C19H18N4O3S.ClH/c1-12-3-4-14(9-13(12)2)17-6-5-16(19(24)20-17)18-10-23(22-21-18)15-7-8-27(25,26)11-15;/h3-10,15H,11H2,1-2H3,(H,20,24);1H/t15-;/m0./s1. The first-order chi connectivity index (χ1) is 12.8. The first-order valence-corrected chi connectivity index (χ1v) is 10.2. The van der Waals surface area contributed by atoms with Gasteiger partial charge in [0.2, 0.25) is 0 Å². The topological polar surface area (TPSA) is 97.7 Å². The summed E-state index contributed by atoms with van der Waals surface area (Å²) in [4.78, 5) is 15.4. The Hall–Kier alpha value is -2.71. The smallest absolute Gasteiger partial charge is 0.258 e. The third kappa shape index (κ3) is 3.79. The number of aromatic amines is 1. The van der Waals surface area contributed by atoms with Crippen molar-refractivity contribution in [2.75, 3.05) is 5.75 Å². The van der Waals surface area contributed by atoms with Crippen molar-refractivity contribution in [3.05, 3.63) is 69.5 Å². The van der Waals surface area contributed by atoms with Gasteiger partial charge in [0.05, 0.1) is 23.6 Å². The number of nitrogens with one attached hydrogen (secondary N) is 1. The zero-order valence-corrected chi connectivity index (χ0v) is 16.9. The molecule has 1 N–H and O–H groups in total. The molecule has 0 radical (unpaired) electrons. The maximum Gasteiger partial charge on any atom is 0.258 e. The Kier molecular flexibility index (Phi) is 5.27. The summed E-state index contributed by atoms with van der Waals surface area (Å²) in [6.45, 7) is 4.07. The molecule has 0 bridgehead atoms. The molecule has 2 aromatic heterocycles. The summed E-state index contributed by atoms with van der Waals surface area (Å²) in [6, 6.07) is 9.16. The van der Waals surface area contributed by atoms with Crippen molar-refractivity contribution in [2.45, 2.75) is 19.9 Å². The van der Waals surface area contributed by atoms with Gasteiger partial charge in [-0.3, -0.25) is 4.79 Å². The van der Waals surface area contributed by atoms with E-state index in [1.54, 1.807) is 18.3 Å². The van der Waals surface area contributed by atoms with Crippen LogP contribution in [0.5, 0.6) is 0 Å². The van der Waals surface area contributed by atoms with Crippen molar-refractivity contribution in [1.29, 1.82) is 0 Å². The van der Waals surface area contributed by atoms with Crippen molar-refractivity contribution < 1.29 is 8.42 Å². The molecule has 0 aliphatic carbocycles. The maximum absolute atomic E-state index is 12.6.